The summed E-state index contributed by atoms with van der Waals surface area (Å²) in [6.07, 6.45) is 2.06. The normalized spacial score (nSPS) is 15.4. The number of non-ortho nitro benzene ring substituents is 1. The van der Waals surface area contributed by atoms with Crippen molar-refractivity contribution in [3.05, 3.63) is 64.2 Å². The highest BCUT2D eigenvalue weighted by molar-refractivity contribution is 7.87. The summed E-state index contributed by atoms with van der Waals surface area (Å²) >= 11 is 0. The minimum Gasteiger partial charge on any atom is -0.379 e. The van der Waals surface area contributed by atoms with Gasteiger partial charge < -0.3 is 9.50 Å². The van der Waals surface area contributed by atoms with Crippen LogP contribution < -0.4 is 9.50 Å². The van der Waals surface area contributed by atoms with E-state index in [1.165, 1.54) is 0 Å². The minimum atomic E-state index is -4.09. The van der Waals surface area contributed by atoms with Crippen molar-refractivity contribution in [2.75, 3.05) is 5.32 Å². The first kappa shape index (κ1) is 17.9. The smallest absolute Gasteiger partial charge is 0.339 e. The van der Waals surface area contributed by atoms with Crippen LogP contribution in [-0.4, -0.2) is 18.9 Å². The molecule has 0 radical (unpaired) electrons. The van der Waals surface area contributed by atoms with E-state index in [1.807, 2.05) is 20.8 Å². The molecule has 0 bridgehead atoms. The summed E-state index contributed by atoms with van der Waals surface area (Å²) < 4.78 is 30.0. The second kappa shape index (κ2) is 6.14. The summed E-state index contributed by atoms with van der Waals surface area (Å²) in [4.78, 5) is 9.94. The van der Waals surface area contributed by atoms with Crippen LogP contribution in [-0.2, 0) is 10.1 Å². The van der Waals surface area contributed by atoms with Gasteiger partial charge >= 0.3 is 10.1 Å². The summed E-state index contributed by atoms with van der Waals surface area (Å²) in [5, 5.41) is 14.0. The van der Waals surface area contributed by atoms with Gasteiger partial charge in [0.1, 0.15) is 10.6 Å². The molecule has 1 heterocycles. The third kappa shape index (κ3) is 3.55. The SMILES string of the molecule is CC1=CC(C)(C)Nc2ccc(OS(=O)(=O)c3ccc([N+](=O)[O-])cc3)cc21. The van der Waals surface area contributed by atoms with Crippen LogP contribution in [0, 0.1) is 10.1 Å². The Balaban J connectivity index is 1.89. The van der Waals surface area contributed by atoms with E-state index in [-0.39, 0.29) is 21.9 Å². The second-order valence-electron chi connectivity index (χ2n) is 6.67. The van der Waals surface area contributed by atoms with Crippen molar-refractivity contribution < 1.29 is 17.5 Å². The van der Waals surface area contributed by atoms with Gasteiger partial charge in [0.05, 0.1) is 10.5 Å². The van der Waals surface area contributed by atoms with Crippen LogP contribution in [0.25, 0.3) is 5.57 Å². The maximum atomic E-state index is 12.4. The van der Waals surface area contributed by atoms with Crippen LogP contribution in [0.1, 0.15) is 26.3 Å². The number of nitrogens with one attached hydrogen (secondary N) is 1. The average Bonchev–Trinajstić information content (AvgIpc) is 2.54. The molecule has 1 aliphatic heterocycles. The fraction of sp³-hybridized carbons (Fsp3) is 0.222. The van der Waals surface area contributed by atoms with Crippen LogP contribution in [0.3, 0.4) is 0 Å². The van der Waals surface area contributed by atoms with E-state index in [0.717, 1.165) is 41.1 Å². The molecule has 1 N–H and O–H groups in total. The van der Waals surface area contributed by atoms with Gasteiger partial charge in [-0.05, 0) is 56.7 Å². The zero-order chi connectivity index (χ0) is 19.1. The number of benzene rings is 2. The van der Waals surface area contributed by atoms with Gasteiger partial charge in [0.25, 0.3) is 5.69 Å². The molecule has 0 spiro atoms. The summed E-state index contributed by atoms with van der Waals surface area (Å²) in [5.74, 6) is 0.177. The lowest BCUT2D eigenvalue weighted by Gasteiger charge is -2.31. The van der Waals surface area contributed by atoms with Crippen molar-refractivity contribution >= 4 is 27.1 Å². The maximum absolute atomic E-state index is 12.4. The molecule has 0 saturated carbocycles. The maximum Gasteiger partial charge on any atom is 0.339 e. The lowest BCUT2D eigenvalue weighted by atomic mass is 9.91. The molecule has 0 atom stereocenters. The van der Waals surface area contributed by atoms with Gasteiger partial charge in [-0.3, -0.25) is 10.1 Å². The van der Waals surface area contributed by atoms with E-state index in [1.54, 1.807) is 18.2 Å². The molecule has 0 aliphatic carbocycles. The molecule has 0 saturated heterocycles. The predicted molar refractivity (Wildman–Crippen MR) is 98.7 cm³/mol. The fourth-order valence-electron chi connectivity index (χ4n) is 2.92. The number of nitrogens with zero attached hydrogens (tertiary/aromatic N) is 1. The lowest BCUT2D eigenvalue weighted by molar-refractivity contribution is -0.384. The zero-order valence-corrected chi connectivity index (χ0v) is 15.3. The molecule has 0 fully saturated rings. The molecule has 0 amide bonds. The molecular weight excluding hydrogens is 356 g/mol. The molecule has 26 heavy (non-hydrogen) atoms. The summed E-state index contributed by atoms with van der Waals surface area (Å²) in [5.41, 5.74) is 2.40. The first-order chi connectivity index (χ1) is 12.1. The Morgan fingerprint density at radius 3 is 2.38 bits per heavy atom. The Morgan fingerprint density at radius 1 is 1.12 bits per heavy atom. The number of hydrogen-bond donors (Lipinski definition) is 1. The molecule has 7 nitrogen and oxygen atoms in total. The fourth-order valence-corrected chi connectivity index (χ4v) is 3.84. The molecule has 8 heteroatoms. The van der Waals surface area contributed by atoms with Crippen molar-refractivity contribution in [3.63, 3.8) is 0 Å². The molecule has 3 rings (SSSR count). The number of allylic oxidation sites excluding steroid dienone is 1. The first-order valence-corrected chi connectivity index (χ1v) is 9.29. The van der Waals surface area contributed by atoms with Gasteiger partial charge in [-0.25, -0.2) is 0 Å². The highest BCUT2D eigenvalue weighted by Gasteiger charge is 2.24. The Morgan fingerprint density at radius 2 is 1.77 bits per heavy atom. The Labute approximate surface area is 151 Å². The van der Waals surface area contributed by atoms with Crippen LogP contribution in [0.4, 0.5) is 11.4 Å². The van der Waals surface area contributed by atoms with Crippen molar-refractivity contribution in [1.29, 1.82) is 0 Å². The average molecular weight is 374 g/mol. The molecule has 2 aromatic rings. The van der Waals surface area contributed by atoms with Crippen molar-refractivity contribution in [2.45, 2.75) is 31.2 Å². The number of nitro groups is 1. The molecule has 0 unspecified atom stereocenters. The summed E-state index contributed by atoms with van der Waals surface area (Å²) in [6.45, 7) is 6.04. The van der Waals surface area contributed by atoms with Gasteiger partial charge in [0.15, 0.2) is 0 Å². The molecule has 2 aromatic carbocycles. The number of fused-ring (bicyclic) bond motifs is 1. The Kier molecular flexibility index (Phi) is 4.23. The first-order valence-electron chi connectivity index (χ1n) is 7.88. The minimum absolute atomic E-state index is 0.146. The van der Waals surface area contributed by atoms with Gasteiger partial charge in [0, 0.05) is 23.4 Å². The number of hydrogen-bond acceptors (Lipinski definition) is 6. The number of rotatable bonds is 4. The predicted octanol–water partition coefficient (Wildman–Crippen LogP) is 3.97. The second-order valence-corrected chi connectivity index (χ2v) is 8.22. The van der Waals surface area contributed by atoms with Crippen molar-refractivity contribution in [2.24, 2.45) is 0 Å². The molecular formula is C18H18N2O5S. The van der Waals surface area contributed by atoms with Crippen LogP contribution >= 0.6 is 0 Å². The third-order valence-corrected chi connectivity index (χ3v) is 5.25. The van der Waals surface area contributed by atoms with E-state index < -0.39 is 15.0 Å². The van der Waals surface area contributed by atoms with Gasteiger partial charge in [-0.15, -0.1) is 0 Å². The van der Waals surface area contributed by atoms with E-state index in [0.29, 0.717) is 0 Å². The van der Waals surface area contributed by atoms with Gasteiger partial charge in [-0.1, -0.05) is 6.08 Å². The monoisotopic (exact) mass is 374 g/mol. The largest absolute Gasteiger partial charge is 0.379 e. The van der Waals surface area contributed by atoms with E-state index in [4.69, 9.17) is 4.18 Å². The molecule has 0 aromatic heterocycles. The number of anilines is 1. The zero-order valence-electron chi connectivity index (χ0n) is 14.5. The van der Waals surface area contributed by atoms with Gasteiger partial charge in [0.2, 0.25) is 0 Å². The highest BCUT2D eigenvalue weighted by Crippen LogP contribution is 2.36. The Bertz CT molecular complexity index is 1010. The quantitative estimate of drug-likeness (QED) is 0.494. The molecule has 1 aliphatic rings. The summed E-state index contributed by atoms with van der Waals surface area (Å²) in [6, 6.07) is 9.57. The van der Waals surface area contributed by atoms with E-state index in [2.05, 4.69) is 11.4 Å². The van der Waals surface area contributed by atoms with Gasteiger partial charge in [-0.2, -0.15) is 8.42 Å². The lowest BCUT2D eigenvalue weighted by Crippen LogP contribution is -2.31. The topological polar surface area (TPSA) is 98.5 Å². The van der Waals surface area contributed by atoms with Crippen molar-refractivity contribution in [1.82, 2.24) is 0 Å². The number of nitro benzene ring substituents is 1. The highest BCUT2D eigenvalue weighted by atomic mass is 32.2. The molecule has 136 valence electrons. The van der Waals surface area contributed by atoms with Crippen molar-refractivity contribution in [3.8, 4) is 5.75 Å². The Hall–Kier alpha value is -2.87. The van der Waals surface area contributed by atoms with E-state index >= 15 is 0 Å². The standard InChI is InChI=1S/C18H18N2O5S/c1-12-11-18(2,3)19-17-9-6-14(10-16(12)17)25-26(23,24)15-7-4-13(5-8-15)20(21)22/h4-11,19H,1-3H3. The van der Waals surface area contributed by atoms with Crippen LogP contribution in [0.15, 0.2) is 53.4 Å². The summed E-state index contributed by atoms with van der Waals surface area (Å²) in [7, 11) is -4.09. The van der Waals surface area contributed by atoms with Crippen LogP contribution in [0.2, 0.25) is 0 Å². The third-order valence-electron chi connectivity index (χ3n) is 3.99. The van der Waals surface area contributed by atoms with Crippen LogP contribution in [0.5, 0.6) is 5.75 Å². The van der Waals surface area contributed by atoms with E-state index in [9.17, 15) is 18.5 Å².